The summed E-state index contributed by atoms with van der Waals surface area (Å²) in [6.45, 7) is 9.77. The van der Waals surface area contributed by atoms with Gasteiger partial charge >= 0.3 is 0 Å². The van der Waals surface area contributed by atoms with Gasteiger partial charge in [0.05, 0.1) is 13.2 Å². The molecule has 0 amide bonds. The smallest absolute Gasteiger partial charge is 0.129 e. The molecule has 2 heteroatoms. The molecule has 0 radical (unpaired) electrons. The molecule has 0 atom stereocenters. The number of hydrogen-bond donors (Lipinski definition) is 0. The van der Waals surface area contributed by atoms with Crippen LogP contribution in [0.2, 0.25) is 0 Å². The quantitative estimate of drug-likeness (QED) is 0.806. The molecule has 1 heterocycles. The molecule has 0 N–H and O–H groups in total. The summed E-state index contributed by atoms with van der Waals surface area (Å²) in [5.74, 6) is 0.800. The van der Waals surface area contributed by atoms with E-state index in [4.69, 9.17) is 4.74 Å². The SMILES string of the molecule is CC(=O)CCC1(c2cc(C(C)C)ccc2C)COC1. The van der Waals surface area contributed by atoms with Crippen LogP contribution in [0.5, 0.6) is 0 Å². The number of carbonyl (C=O) groups excluding carboxylic acids is 1. The van der Waals surface area contributed by atoms with Crippen LogP contribution >= 0.6 is 0 Å². The first-order valence-corrected chi connectivity index (χ1v) is 7.13. The number of rotatable bonds is 5. The van der Waals surface area contributed by atoms with Crippen molar-refractivity contribution >= 4 is 5.78 Å². The number of hydrogen-bond acceptors (Lipinski definition) is 2. The maximum Gasteiger partial charge on any atom is 0.129 e. The fourth-order valence-corrected chi connectivity index (χ4v) is 2.77. The average Bonchev–Trinajstić information content (AvgIpc) is 2.29. The van der Waals surface area contributed by atoms with E-state index in [1.807, 2.05) is 0 Å². The number of aryl methyl sites for hydroxylation is 1. The molecular weight excluding hydrogens is 236 g/mol. The van der Waals surface area contributed by atoms with Gasteiger partial charge in [0.1, 0.15) is 5.78 Å². The molecule has 2 nitrogen and oxygen atoms in total. The molecule has 1 fully saturated rings. The van der Waals surface area contributed by atoms with Gasteiger partial charge in [0.2, 0.25) is 0 Å². The van der Waals surface area contributed by atoms with Gasteiger partial charge in [-0.05, 0) is 42.9 Å². The summed E-state index contributed by atoms with van der Waals surface area (Å²) in [6, 6.07) is 6.74. The van der Waals surface area contributed by atoms with Crippen LogP contribution in [-0.4, -0.2) is 19.0 Å². The molecule has 2 rings (SSSR count). The second-order valence-corrected chi connectivity index (χ2v) is 6.20. The summed E-state index contributed by atoms with van der Waals surface area (Å²) in [5, 5.41) is 0. The minimum Gasteiger partial charge on any atom is -0.379 e. The molecule has 0 saturated carbocycles. The monoisotopic (exact) mass is 260 g/mol. The van der Waals surface area contributed by atoms with Crippen LogP contribution in [0.1, 0.15) is 56.2 Å². The van der Waals surface area contributed by atoms with Crippen molar-refractivity contribution in [2.45, 2.75) is 51.9 Å². The Morgan fingerprint density at radius 1 is 1.37 bits per heavy atom. The molecule has 0 unspecified atom stereocenters. The first-order valence-electron chi connectivity index (χ1n) is 7.13. The van der Waals surface area contributed by atoms with Crippen molar-refractivity contribution in [3.05, 3.63) is 34.9 Å². The van der Waals surface area contributed by atoms with Gasteiger partial charge in [-0.1, -0.05) is 32.0 Å². The third kappa shape index (κ3) is 2.89. The summed E-state index contributed by atoms with van der Waals surface area (Å²) < 4.78 is 5.47. The van der Waals surface area contributed by atoms with Crippen molar-refractivity contribution in [3.63, 3.8) is 0 Å². The van der Waals surface area contributed by atoms with Crippen LogP contribution < -0.4 is 0 Å². The van der Waals surface area contributed by atoms with Crippen LogP contribution in [0.15, 0.2) is 18.2 Å². The largest absolute Gasteiger partial charge is 0.379 e. The van der Waals surface area contributed by atoms with Gasteiger partial charge < -0.3 is 9.53 Å². The molecule has 0 aliphatic carbocycles. The van der Waals surface area contributed by atoms with Crippen LogP contribution in [0.25, 0.3) is 0 Å². The van der Waals surface area contributed by atoms with Crippen molar-refractivity contribution in [1.29, 1.82) is 0 Å². The lowest BCUT2D eigenvalue weighted by molar-refractivity contribution is -0.119. The molecule has 1 aromatic rings. The standard InChI is InChI=1S/C17H24O2/c1-12(2)15-6-5-13(3)16(9-15)17(10-19-11-17)8-7-14(4)18/h5-6,9,12H,7-8,10-11H2,1-4H3. The van der Waals surface area contributed by atoms with Gasteiger partial charge in [0.25, 0.3) is 0 Å². The second-order valence-electron chi connectivity index (χ2n) is 6.20. The second kappa shape index (κ2) is 5.46. The fraction of sp³-hybridized carbons (Fsp3) is 0.588. The topological polar surface area (TPSA) is 26.3 Å². The van der Waals surface area contributed by atoms with Crippen molar-refractivity contribution < 1.29 is 9.53 Å². The van der Waals surface area contributed by atoms with E-state index < -0.39 is 0 Å². The molecule has 1 aliphatic rings. The first kappa shape index (κ1) is 14.3. The van der Waals surface area contributed by atoms with E-state index in [0.717, 1.165) is 19.6 Å². The van der Waals surface area contributed by atoms with Crippen LogP contribution in [0, 0.1) is 6.92 Å². The van der Waals surface area contributed by atoms with Gasteiger partial charge in [0, 0.05) is 11.8 Å². The summed E-state index contributed by atoms with van der Waals surface area (Å²) in [4.78, 5) is 11.3. The van der Waals surface area contributed by atoms with Gasteiger partial charge in [0.15, 0.2) is 0 Å². The van der Waals surface area contributed by atoms with E-state index in [-0.39, 0.29) is 11.2 Å². The van der Waals surface area contributed by atoms with Crippen molar-refractivity contribution in [1.82, 2.24) is 0 Å². The summed E-state index contributed by atoms with van der Waals surface area (Å²) in [6.07, 6.45) is 1.55. The normalized spacial score (nSPS) is 17.3. The molecule has 1 saturated heterocycles. The lowest BCUT2D eigenvalue weighted by Gasteiger charge is -2.43. The molecule has 19 heavy (non-hydrogen) atoms. The number of ketones is 1. The number of Topliss-reactive ketones (excluding diaryl/α,β-unsaturated/α-hetero) is 1. The van der Waals surface area contributed by atoms with E-state index in [9.17, 15) is 4.79 Å². The summed E-state index contributed by atoms with van der Waals surface area (Å²) in [5.41, 5.74) is 4.14. The number of ether oxygens (including phenoxy) is 1. The molecule has 0 aromatic heterocycles. The van der Waals surface area contributed by atoms with Gasteiger partial charge in [-0.3, -0.25) is 0 Å². The molecule has 1 aliphatic heterocycles. The summed E-state index contributed by atoms with van der Waals surface area (Å²) in [7, 11) is 0. The average molecular weight is 260 g/mol. The molecular formula is C17H24O2. The fourth-order valence-electron chi connectivity index (χ4n) is 2.77. The highest BCUT2D eigenvalue weighted by atomic mass is 16.5. The minimum atomic E-state index is 0.0701. The highest BCUT2D eigenvalue weighted by Crippen LogP contribution is 2.39. The Bertz CT molecular complexity index is 470. The Morgan fingerprint density at radius 3 is 2.53 bits per heavy atom. The predicted molar refractivity (Wildman–Crippen MR) is 77.7 cm³/mol. The maximum absolute atomic E-state index is 11.3. The van der Waals surface area contributed by atoms with E-state index in [1.54, 1.807) is 6.92 Å². The minimum absolute atomic E-state index is 0.0701. The first-order chi connectivity index (χ1) is 8.94. The third-order valence-corrected chi connectivity index (χ3v) is 4.21. The van der Waals surface area contributed by atoms with E-state index in [1.165, 1.54) is 16.7 Å². The summed E-state index contributed by atoms with van der Waals surface area (Å²) >= 11 is 0. The highest BCUT2D eigenvalue weighted by Gasteiger charge is 2.41. The molecule has 104 valence electrons. The van der Waals surface area contributed by atoms with Crippen molar-refractivity contribution in [2.24, 2.45) is 0 Å². The van der Waals surface area contributed by atoms with E-state index in [2.05, 4.69) is 39.0 Å². The van der Waals surface area contributed by atoms with E-state index in [0.29, 0.717) is 12.3 Å². The Labute approximate surface area is 116 Å². The molecule has 0 spiro atoms. The number of carbonyl (C=O) groups is 1. The highest BCUT2D eigenvalue weighted by molar-refractivity contribution is 5.75. The molecule has 1 aromatic carbocycles. The Morgan fingerprint density at radius 2 is 2.05 bits per heavy atom. The molecule has 0 bridgehead atoms. The Hall–Kier alpha value is -1.15. The zero-order valence-electron chi connectivity index (χ0n) is 12.5. The van der Waals surface area contributed by atoms with Crippen LogP contribution in [-0.2, 0) is 14.9 Å². The Kier molecular flexibility index (Phi) is 4.10. The van der Waals surface area contributed by atoms with Gasteiger partial charge in [-0.2, -0.15) is 0 Å². The third-order valence-electron chi connectivity index (χ3n) is 4.21. The van der Waals surface area contributed by atoms with Crippen molar-refractivity contribution in [3.8, 4) is 0 Å². The maximum atomic E-state index is 11.3. The predicted octanol–water partition coefficient (Wildman–Crippen LogP) is 3.76. The van der Waals surface area contributed by atoms with Gasteiger partial charge in [-0.15, -0.1) is 0 Å². The Balaban J connectivity index is 2.31. The lowest BCUT2D eigenvalue weighted by atomic mass is 9.72. The van der Waals surface area contributed by atoms with Crippen molar-refractivity contribution in [2.75, 3.05) is 13.2 Å². The van der Waals surface area contributed by atoms with Crippen LogP contribution in [0.4, 0.5) is 0 Å². The zero-order chi connectivity index (χ0) is 14.0. The van der Waals surface area contributed by atoms with Crippen LogP contribution in [0.3, 0.4) is 0 Å². The number of benzene rings is 1. The van der Waals surface area contributed by atoms with Gasteiger partial charge in [-0.25, -0.2) is 0 Å². The van der Waals surface area contributed by atoms with E-state index >= 15 is 0 Å². The lowest BCUT2D eigenvalue weighted by Crippen LogP contribution is -2.47. The zero-order valence-corrected chi connectivity index (χ0v) is 12.5.